The third-order valence-corrected chi connectivity index (χ3v) is 6.35. The van der Waals surface area contributed by atoms with E-state index in [9.17, 15) is 4.79 Å². The van der Waals surface area contributed by atoms with Crippen molar-refractivity contribution in [1.29, 1.82) is 0 Å². The molecule has 2 aromatic heterocycles. The van der Waals surface area contributed by atoms with Gasteiger partial charge in [-0.2, -0.15) is 5.10 Å². The van der Waals surface area contributed by atoms with Gasteiger partial charge >= 0.3 is 0 Å². The Morgan fingerprint density at radius 1 is 1.23 bits per heavy atom. The van der Waals surface area contributed by atoms with Gasteiger partial charge in [0, 0.05) is 48.2 Å². The molecule has 30 heavy (non-hydrogen) atoms. The Bertz CT molecular complexity index is 1070. The molecule has 6 heteroatoms. The monoisotopic (exact) mass is 422 g/mol. The van der Waals surface area contributed by atoms with E-state index in [1.165, 1.54) is 5.56 Å². The van der Waals surface area contributed by atoms with E-state index in [2.05, 4.69) is 23.3 Å². The van der Waals surface area contributed by atoms with E-state index >= 15 is 0 Å². The number of likely N-dealkylation sites (tertiary alicyclic amines) is 1. The summed E-state index contributed by atoms with van der Waals surface area (Å²) in [5.41, 5.74) is 5.98. The van der Waals surface area contributed by atoms with Crippen LogP contribution in [0.1, 0.15) is 57.3 Å². The quantitative estimate of drug-likeness (QED) is 0.612. The SMILES string of the molecule is Cc1cc(Cc2ccccc2Cl)cc([C@H]2CCCN(C(=O)c3cnn(C)c3C)C2)n1. The highest BCUT2D eigenvalue weighted by Crippen LogP contribution is 2.29. The summed E-state index contributed by atoms with van der Waals surface area (Å²) in [4.78, 5) is 19.8. The maximum Gasteiger partial charge on any atom is 0.257 e. The van der Waals surface area contributed by atoms with Gasteiger partial charge in [0.25, 0.3) is 5.91 Å². The molecule has 0 spiro atoms. The van der Waals surface area contributed by atoms with E-state index < -0.39 is 0 Å². The topological polar surface area (TPSA) is 51.0 Å². The minimum atomic E-state index is 0.0641. The van der Waals surface area contributed by atoms with Gasteiger partial charge in [-0.25, -0.2) is 0 Å². The fourth-order valence-electron chi connectivity index (χ4n) is 4.22. The molecule has 1 aliphatic heterocycles. The van der Waals surface area contributed by atoms with Gasteiger partial charge in [0.1, 0.15) is 0 Å². The number of carbonyl (C=O) groups is 1. The molecule has 1 aromatic carbocycles. The summed E-state index contributed by atoms with van der Waals surface area (Å²) >= 11 is 6.36. The largest absolute Gasteiger partial charge is 0.338 e. The Morgan fingerprint density at radius 2 is 2.03 bits per heavy atom. The van der Waals surface area contributed by atoms with Gasteiger partial charge in [-0.3, -0.25) is 14.5 Å². The summed E-state index contributed by atoms with van der Waals surface area (Å²) in [5, 5.41) is 5.01. The van der Waals surface area contributed by atoms with E-state index in [4.69, 9.17) is 16.6 Å². The maximum absolute atomic E-state index is 13.1. The maximum atomic E-state index is 13.1. The molecule has 1 amide bonds. The molecular formula is C24H27ClN4O. The predicted octanol–water partition coefficient (Wildman–Crippen LogP) is 4.70. The molecular weight excluding hydrogens is 396 g/mol. The summed E-state index contributed by atoms with van der Waals surface area (Å²) in [7, 11) is 1.86. The molecule has 1 fully saturated rings. The van der Waals surface area contributed by atoms with Gasteiger partial charge in [-0.1, -0.05) is 29.8 Å². The number of nitrogens with zero attached hydrogens (tertiary/aromatic N) is 4. The first-order valence-electron chi connectivity index (χ1n) is 10.4. The molecule has 0 saturated carbocycles. The van der Waals surface area contributed by atoms with Crippen LogP contribution >= 0.6 is 11.6 Å². The number of hydrogen-bond acceptors (Lipinski definition) is 3. The number of hydrogen-bond donors (Lipinski definition) is 0. The first-order chi connectivity index (χ1) is 14.4. The third kappa shape index (κ3) is 4.26. The molecule has 156 valence electrons. The summed E-state index contributed by atoms with van der Waals surface area (Å²) in [5.74, 6) is 0.304. The zero-order valence-electron chi connectivity index (χ0n) is 17.7. The van der Waals surface area contributed by atoms with Crippen LogP contribution in [0.5, 0.6) is 0 Å². The standard InChI is InChI=1S/C24H27ClN4O/c1-16-11-18(12-19-7-4-5-9-22(19)25)13-23(27-16)20-8-6-10-29(15-20)24(30)21-14-26-28(3)17(21)2/h4-5,7,9,11,13-14,20H,6,8,10,12,15H2,1-3H3/t20-/m0/s1. The van der Waals surface area contributed by atoms with Crippen LogP contribution in [-0.4, -0.2) is 38.7 Å². The second-order valence-corrected chi connectivity index (χ2v) is 8.57. The highest BCUT2D eigenvalue weighted by molar-refractivity contribution is 6.31. The van der Waals surface area contributed by atoms with Gasteiger partial charge < -0.3 is 4.90 Å². The fraction of sp³-hybridized carbons (Fsp3) is 0.375. The first-order valence-corrected chi connectivity index (χ1v) is 10.8. The molecule has 1 aliphatic rings. The average Bonchev–Trinajstić information content (AvgIpc) is 3.07. The fourth-order valence-corrected chi connectivity index (χ4v) is 4.43. The number of aromatic nitrogens is 3. The van der Waals surface area contributed by atoms with Crippen LogP contribution in [-0.2, 0) is 13.5 Å². The zero-order valence-corrected chi connectivity index (χ0v) is 18.5. The Kier molecular flexibility index (Phi) is 5.91. The van der Waals surface area contributed by atoms with Crippen LogP contribution in [0.2, 0.25) is 5.02 Å². The molecule has 0 N–H and O–H groups in total. The molecule has 4 rings (SSSR count). The Hall–Kier alpha value is -2.66. The predicted molar refractivity (Wildman–Crippen MR) is 119 cm³/mol. The number of piperidine rings is 1. The summed E-state index contributed by atoms with van der Waals surface area (Å²) in [6.45, 7) is 5.44. The van der Waals surface area contributed by atoms with E-state index in [-0.39, 0.29) is 11.8 Å². The van der Waals surface area contributed by atoms with Crippen molar-refractivity contribution in [3.63, 3.8) is 0 Å². The minimum Gasteiger partial charge on any atom is -0.338 e. The number of amides is 1. The van der Waals surface area contributed by atoms with Crippen LogP contribution in [0.15, 0.2) is 42.6 Å². The van der Waals surface area contributed by atoms with Crippen molar-refractivity contribution in [2.45, 2.75) is 39.0 Å². The molecule has 0 unspecified atom stereocenters. The second-order valence-electron chi connectivity index (χ2n) is 8.17. The van der Waals surface area contributed by atoms with E-state index in [1.54, 1.807) is 10.9 Å². The molecule has 5 nitrogen and oxygen atoms in total. The summed E-state index contributed by atoms with van der Waals surface area (Å²) in [6.07, 6.45) is 4.47. The van der Waals surface area contributed by atoms with Crippen molar-refractivity contribution in [2.24, 2.45) is 7.05 Å². The Balaban J connectivity index is 1.55. The molecule has 3 heterocycles. The lowest BCUT2D eigenvalue weighted by atomic mass is 9.92. The van der Waals surface area contributed by atoms with Gasteiger partial charge in [0.05, 0.1) is 11.8 Å². The van der Waals surface area contributed by atoms with E-state index in [0.29, 0.717) is 12.1 Å². The van der Waals surface area contributed by atoms with Crippen molar-refractivity contribution < 1.29 is 4.79 Å². The van der Waals surface area contributed by atoms with Gasteiger partial charge in [0.2, 0.25) is 0 Å². The van der Waals surface area contributed by atoms with Crippen molar-refractivity contribution >= 4 is 17.5 Å². The number of carbonyl (C=O) groups excluding carboxylic acids is 1. The molecule has 0 radical (unpaired) electrons. The molecule has 3 aromatic rings. The number of rotatable bonds is 4. The van der Waals surface area contributed by atoms with Crippen LogP contribution < -0.4 is 0 Å². The molecule has 0 bridgehead atoms. The lowest BCUT2D eigenvalue weighted by molar-refractivity contribution is 0.0705. The molecule has 1 atom stereocenters. The highest BCUT2D eigenvalue weighted by Gasteiger charge is 2.28. The van der Waals surface area contributed by atoms with Crippen molar-refractivity contribution in [1.82, 2.24) is 19.7 Å². The summed E-state index contributed by atoms with van der Waals surface area (Å²) in [6, 6.07) is 12.3. The van der Waals surface area contributed by atoms with E-state index in [1.807, 2.05) is 44.0 Å². The average molecular weight is 423 g/mol. The minimum absolute atomic E-state index is 0.0641. The Morgan fingerprint density at radius 3 is 2.77 bits per heavy atom. The third-order valence-electron chi connectivity index (χ3n) is 5.98. The van der Waals surface area contributed by atoms with Crippen LogP contribution in [0.4, 0.5) is 0 Å². The summed E-state index contributed by atoms with van der Waals surface area (Å²) < 4.78 is 1.75. The van der Waals surface area contributed by atoms with Crippen LogP contribution in [0, 0.1) is 13.8 Å². The van der Waals surface area contributed by atoms with Gasteiger partial charge in [0.15, 0.2) is 0 Å². The van der Waals surface area contributed by atoms with Crippen molar-refractivity contribution in [2.75, 3.05) is 13.1 Å². The Labute approximate surface area is 182 Å². The van der Waals surface area contributed by atoms with E-state index in [0.717, 1.165) is 53.5 Å². The lowest BCUT2D eigenvalue weighted by Gasteiger charge is -2.32. The number of pyridine rings is 1. The number of halogens is 1. The van der Waals surface area contributed by atoms with Crippen molar-refractivity contribution in [3.8, 4) is 0 Å². The number of aryl methyl sites for hydroxylation is 2. The zero-order chi connectivity index (χ0) is 21.3. The smallest absolute Gasteiger partial charge is 0.257 e. The highest BCUT2D eigenvalue weighted by atomic mass is 35.5. The molecule has 0 aliphatic carbocycles. The van der Waals surface area contributed by atoms with Crippen LogP contribution in [0.25, 0.3) is 0 Å². The second kappa shape index (κ2) is 8.60. The normalized spacial score (nSPS) is 16.7. The first kappa shape index (κ1) is 20.6. The lowest BCUT2D eigenvalue weighted by Crippen LogP contribution is -2.39. The molecule has 1 saturated heterocycles. The van der Waals surface area contributed by atoms with Crippen molar-refractivity contribution in [3.05, 3.63) is 81.4 Å². The van der Waals surface area contributed by atoms with Gasteiger partial charge in [-0.15, -0.1) is 0 Å². The van der Waals surface area contributed by atoms with Gasteiger partial charge in [-0.05, 0) is 62.4 Å². The van der Waals surface area contributed by atoms with Crippen LogP contribution in [0.3, 0.4) is 0 Å². The number of benzene rings is 1.